The Hall–Kier alpha value is -6.90. The second kappa shape index (κ2) is 20.9. The zero-order chi connectivity index (χ0) is 47.1. The number of fused-ring (bicyclic) bond motifs is 2. The molecule has 0 saturated carbocycles. The molecule has 0 atom stereocenters. The summed E-state index contributed by atoms with van der Waals surface area (Å²) in [6.07, 6.45) is 4.77. The average molecular weight is 906 g/mol. The predicted molar refractivity (Wildman–Crippen MR) is 250 cm³/mol. The van der Waals surface area contributed by atoms with Crippen molar-refractivity contribution in [1.82, 2.24) is 38.9 Å². The quantitative estimate of drug-likeness (QED) is 0.0751. The number of aromatic nitrogens is 6. The molecular weight excluding hydrogens is 847 g/mol. The number of hydrogen-bond acceptors (Lipinski definition) is 12. The number of nitrogens with two attached hydrogens (primary N) is 2. The SMILES string of the molecule is CCn1nc(C)cc1C(=O)N=C1Cc2cc(C(N)=O)cc(OCCCN3CCN(CCOC)CC3)c2N1C/C=C/Cn1c(NC(=O)c2cc(C)nn2CC)nc2cc(C(N)=O)cc(OC)c21. The average Bonchev–Trinajstić information content (AvgIpc) is 4.07. The molecule has 20 heteroatoms. The first-order chi connectivity index (χ1) is 31.8. The van der Waals surface area contributed by atoms with E-state index in [4.69, 9.17) is 30.7 Å². The van der Waals surface area contributed by atoms with E-state index in [0.717, 1.165) is 51.3 Å². The van der Waals surface area contributed by atoms with Crippen molar-refractivity contribution in [3.8, 4) is 11.5 Å². The fraction of sp³-hybridized carbons (Fsp3) is 0.435. The number of nitrogens with one attached hydrogen (secondary N) is 1. The summed E-state index contributed by atoms with van der Waals surface area (Å²) in [5.74, 6) is -0.713. The summed E-state index contributed by atoms with van der Waals surface area (Å²) in [6.45, 7) is 15.5. The van der Waals surface area contributed by atoms with Crippen molar-refractivity contribution in [2.24, 2.45) is 16.5 Å². The van der Waals surface area contributed by atoms with Crippen LogP contribution in [0.1, 0.15) is 78.9 Å². The van der Waals surface area contributed by atoms with Gasteiger partial charge in [0, 0.05) is 90.1 Å². The number of hydrogen-bond donors (Lipinski definition) is 3. The van der Waals surface area contributed by atoms with E-state index in [1.54, 1.807) is 51.4 Å². The van der Waals surface area contributed by atoms with Gasteiger partial charge in [-0.05, 0) is 76.1 Å². The van der Waals surface area contributed by atoms with Gasteiger partial charge in [-0.15, -0.1) is 0 Å². The lowest BCUT2D eigenvalue weighted by atomic mass is 10.1. The molecule has 5 aromatic rings. The number of amidine groups is 1. The smallest absolute Gasteiger partial charge is 0.296 e. The van der Waals surface area contributed by atoms with Gasteiger partial charge in [-0.25, -0.2) is 4.98 Å². The van der Waals surface area contributed by atoms with Crippen LogP contribution < -0.4 is 31.2 Å². The number of piperazine rings is 1. The van der Waals surface area contributed by atoms with Crippen LogP contribution >= 0.6 is 0 Å². The van der Waals surface area contributed by atoms with Gasteiger partial charge in [0.1, 0.15) is 34.2 Å². The molecule has 350 valence electrons. The minimum absolute atomic E-state index is 0.191. The number of primary amides is 2. The van der Waals surface area contributed by atoms with Gasteiger partial charge in [-0.2, -0.15) is 15.2 Å². The lowest BCUT2D eigenvalue weighted by Gasteiger charge is -2.34. The number of amides is 4. The molecule has 2 aromatic carbocycles. The fourth-order valence-corrected chi connectivity index (χ4v) is 8.41. The first-order valence-electron chi connectivity index (χ1n) is 22.2. The maximum atomic E-state index is 13.9. The number of carbonyl (C=O) groups is 4. The van der Waals surface area contributed by atoms with E-state index < -0.39 is 23.6 Å². The molecule has 0 radical (unpaired) electrons. The lowest BCUT2D eigenvalue weighted by Crippen LogP contribution is -2.47. The van der Waals surface area contributed by atoms with Crippen LogP contribution in [0.4, 0.5) is 11.6 Å². The van der Waals surface area contributed by atoms with E-state index in [0.29, 0.717) is 83.1 Å². The van der Waals surface area contributed by atoms with Crippen LogP contribution in [0, 0.1) is 13.8 Å². The first-order valence-corrected chi connectivity index (χ1v) is 22.2. The van der Waals surface area contributed by atoms with Crippen molar-refractivity contribution in [3.63, 3.8) is 0 Å². The summed E-state index contributed by atoms with van der Waals surface area (Å²) in [5.41, 5.74) is 16.4. The van der Waals surface area contributed by atoms with E-state index in [1.807, 2.05) is 44.7 Å². The standard InChI is InChI=1S/C46H59N13O7/c1-7-58-35(22-29(3)52-58)44(62)50-39-28-31-24-32(42(47)60)27-38(66-20-11-12-54-15-17-55(18-16-54)19-21-64-5)40(31)56(39)13-9-10-14-57-41-34(25-33(43(48)61)26-37(41)65-6)49-46(57)51-45(63)36-23-30(4)53-59(36)8-2/h9-10,22-27H,7-8,11-21,28H2,1-6H3,(H2,47,60)(H2,48,61)(H,49,51,63)/b10-9+,50-39?. The molecule has 7 rings (SSSR count). The molecule has 5 heterocycles. The summed E-state index contributed by atoms with van der Waals surface area (Å²) in [7, 11) is 3.20. The molecule has 2 aliphatic rings. The number of imidazole rings is 1. The number of aliphatic imine (C=N–C) groups is 1. The monoisotopic (exact) mass is 905 g/mol. The van der Waals surface area contributed by atoms with E-state index >= 15 is 0 Å². The van der Waals surface area contributed by atoms with E-state index in [1.165, 1.54) is 13.2 Å². The van der Waals surface area contributed by atoms with E-state index in [9.17, 15) is 19.2 Å². The van der Waals surface area contributed by atoms with Crippen molar-refractivity contribution in [2.75, 3.05) is 83.5 Å². The minimum Gasteiger partial charge on any atom is -0.494 e. The molecule has 0 unspecified atom stereocenters. The summed E-state index contributed by atoms with van der Waals surface area (Å²) in [6, 6.07) is 9.87. The molecule has 4 amide bonds. The number of rotatable bonds is 20. The van der Waals surface area contributed by atoms with Gasteiger partial charge < -0.3 is 40.0 Å². The molecule has 1 fully saturated rings. The number of benzene rings is 2. The topological polar surface area (TPSA) is 236 Å². The maximum Gasteiger partial charge on any atom is 0.296 e. The van der Waals surface area contributed by atoms with Crippen molar-refractivity contribution < 1.29 is 33.4 Å². The molecule has 66 heavy (non-hydrogen) atoms. The second-order valence-electron chi connectivity index (χ2n) is 16.2. The zero-order valence-electron chi connectivity index (χ0n) is 38.5. The van der Waals surface area contributed by atoms with Gasteiger partial charge in [0.25, 0.3) is 11.8 Å². The lowest BCUT2D eigenvalue weighted by molar-refractivity contribution is 0.0941. The van der Waals surface area contributed by atoms with Crippen LogP contribution in [0.2, 0.25) is 0 Å². The third kappa shape index (κ3) is 10.5. The van der Waals surface area contributed by atoms with Crippen molar-refractivity contribution in [2.45, 2.75) is 60.2 Å². The fourth-order valence-electron chi connectivity index (χ4n) is 8.41. The van der Waals surface area contributed by atoms with Crippen molar-refractivity contribution in [1.29, 1.82) is 0 Å². The van der Waals surface area contributed by atoms with Gasteiger partial charge in [-0.3, -0.25) is 38.8 Å². The predicted octanol–water partition coefficient (Wildman–Crippen LogP) is 3.44. The maximum absolute atomic E-state index is 13.9. The van der Waals surface area contributed by atoms with Gasteiger partial charge in [0.15, 0.2) is 0 Å². The Morgan fingerprint density at radius 3 is 2.06 bits per heavy atom. The Morgan fingerprint density at radius 1 is 0.788 bits per heavy atom. The van der Waals surface area contributed by atoms with Gasteiger partial charge >= 0.3 is 0 Å². The van der Waals surface area contributed by atoms with Crippen molar-refractivity contribution >= 4 is 52.1 Å². The third-order valence-corrected chi connectivity index (χ3v) is 11.7. The molecule has 2 aliphatic heterocycles. The van der Waals surface area contributed by atoms with Crippen molar-refractivity contribution in [3.05, 3.63) is 88.0 Å². The molecule has 0 bridgehead atoms. The Kier molecular flexibility index (Phi) is 14.9. The van der Waals surface area contributed by atoms with Gasteiger partial charge in [0.2, 0.25) is 17.8 Å². The molecule has 3 aromatic heterocycles. The largest absolute Gasteiger partial charge is 0.494 e. The van der Waals surface area contributed by atoms with Crippen LogP contribution in [0.3, 0.4) is 0 Å². The van der Waals surface area contributed by atoms with E-state index in [-0.39, 0.29) is 36.6 Å². The highest BCUT2D eigenvalue weighted by Crippen LogP contribution is 2.40. The Morgan fingerprint density at radius 2 is 1.41 bits per heavy atom. The molecule has 0 aliphatic carbocycles. The first kappa shape index (κ1) is 47.1. The number of methoxy groups -OCH3 is 2. The number of anilines is 2. The molecule has 0 spiro atoms. The molecule has 1 saturated heterocycles. The van der Waals surface area contributed by atoms with Crippen LogP contribution in [-0.2, 0) is 30.8 Å². The van der Waals surface area contributed by atoms with Crippen LogP contribution in [0.15, 0.2) is 53.5 Å². The summed E-state index contributed by atoms with van der Waals surface area (Å²) >= 11 is 0. The van der Waals surface area contributed by atoms with Crippen LogP contribution in [0.5, 0.6) is 11.5 Å². The normalized spacial score (nSPS) is 15.0. The summed E-state index contributed by atoms with van der Waals surface area (Å²) < 4.78 is 22.5. The third-order valence-electron chi connectivity index (χ3n) is 11.7. The Bertz CT molecular complexity index is 2670. The molecular formula is C46H59N13O7. The molecule has 20 nitrogen and oxygen atoms in total. The molecule has 5 N–H and O–H groups in total. The van der Waals surface area contributed by atoms with Gasteiger partial charge in [-0.1, -0.05) is 12.2 Å². The van der Waals surface area contributed by atoms with Crippen LogP contribution in [0.25, 0.3) is 11.0 Å². The highest BCUT2D eigenvalue weighted by Gasteiger charge is 2.32. The summed E-state index contributed by atoms with van der Waals surface area (Å²) in [4.78, 5) is 68.7. The van der Waals surface area contributed by atoms with Crippen LogP contribution in [-0.4, -0.2) is 142 Å². The second-order valence-corrected chi connectivity index (χ2v) is 16.2. The number of ether oxygens (including phenoxy) is 3. The number of carbonyl (C=O) groups excluding carboxylic acids is 4. The van der Waals surface area contributed by atoms with Gasteiger partial charge in [0.05, 0.1) is 42.9 Å². The Balaban J connectivity index is 1.19. The Labute approximate surface area is 383 Å². The van der Waals surface area contributed by atoms with E-state index in [2.05, 4.69) is 30.3 Å². The summed E-state index contributed by atoms with van der Waals surface area (Å²) in [5, 5.41) is 11.8. The number of allylic oxidation sites excluding steroid dienone is 1. The number of aryl methyl sites for hydroxylation is 4. The zero-order valence-corrected chi connectivity index (χ0v) is 38.5. The highest BCUT2D eigenvalue weighted by atomic mass is 16.5. The number of nitrogens with zero attached hydrogens (tertiary/aromatic N) is 10. The highest BCUT2D eigenvalue weighted by molar-refractivity contribution is 6.14. The minimum atomic E-state index is -0.660.